The lowest BCUT2D eigenvalue weighted by Gasteiger charge is -2.13. The van der Waals surface area contributed by atoms with E-state index in [4.69, 9.17) is 22.1 Å². The first-order chi connectivity index (χ1) is 7.54. The smallest absolute Gasteiger partial charge is 0.253 e. The number of benzene rings is 1. The number of anilines is 1. The summed E-state index contributed by atoms with van der Waals surface area (Å²) >= 11 is 5.90. The van der Waals surface area contributed by atoms with Crippen LogP contribution in [0.4, 0.5) is 5.69 Å². The molecule has 1 rings (SSSR count). The van der Waals surface area contributed by atoms with E-state index >= 15 is 0 Å². The summed E-state index contributed by atoms with van der Waals surface area (Å²) in [6, 6.07) is 4.73. The Bertz CT molecular complexity index is 382. The first kappa shape index (κ1) is 12.8. The van der Waals surface area contributed by atoms with Crippen molar-refractivity contribution in [2.45, 2.75) is 13.0 Å². The third kappa shape index (κ3) is 3.40. The molecule has 0 radical (unpaired) electrons. The minimum Gasteiger partial charge on any atom is -0.399 e. The highest BCUT2D eigenvalue weighted by Gasteiger charge is 2.13. The number of rotatable bonds is 4. The maximum absolute atomic E-state index is 11.8. The van der Waals surface area contributed by atoms with Crippen LogP contribution in [0.5, 0.6) is 0 Å². The molecule has 0 aliphatic heterocycles. The Hall–Kier alpha value is -1.26. The van der Waals surface area contributed by atoms with Crippen molar-refractivity contribution in [3.05, 3.63) is 28.8 Å². The number of nitrogen functional groups attached to an aromatic ring is 1. The summed E-state index contributed by atoms with van der Waals surface area (Å²) in [7, 11) is 1.58. The fraction of sp³-hybridized carbons (Fsp3) is 0.364. The topological polar surface area (TPSA) is 64.3 Å². The average Bonchev–Trinajstić information content (AvgIpc) is 2.21. The van der Waals surface area contributed by atoms with Gasteiger partial charge in [-0.2, -0.15) is 0 Å². The molecule has 0 aliphatic rings. The van der Waals surface area contributed by atoms with Crippen LogP contribution in [-0.4, -0.2) is 25.7 Å². The molecule has 4 nitrogen and oxygen atoms in total. The van der Waals surface area contributed by atoms with E-state index in [9.17, 15) is 4.79 Å². The number of methoxy groups -OCH3 is 1. The predicted molar refractivity (Wildman–Crippen MR) is 64.7 cm³/mol. The highest BCUT2D eigenvalue weighted by molar-refractivity contribution is 6.34. The van der Waals surface area contributed by atoms with E-state index in [1.165, 1.54) is 0 Å². The number of nitrogens with one attached hydrogen (secondary N) is 1. The Balaban J connectivity index is 2.76. The molecule has 0 heterocycles. The third-order valence-electron chi connectivity index (χ3n) is 2.03. The van der Waals surface area contributed by atoms with Crippen molar-refractivity contribution in [3.63, 3.8) is 0 Å². The van der Waals surface area contributed by atoms with E-state index in [0.29, 0.717) is 22.9 Å². The van der Waals surface area contributed by atoms with Crippen LogP contribution in [0.25, 0.3) is 0 Å². The summed E-state index contributed by atoms with van der Waals surface area (Å²) in [6.07, 6.45) is 0. The van der Waals surface area contributed by atoms with Gasteiger partial charge in [0.2, 0.25) is 0 Å². The fourth-order valence-electron chi connectivity index (χ4n) is 1.31. The molecule has 0 bridgehead atoms. The number of hydrogen-bond acceptors (Lipinski definition) is 3. The molecule has 0 saturated carbocycles. The van der Waals surface area contributed by atoms with Crippen LogP contribution >= 0.6 is 11.6 Å². The lowest BCUT2D eigenvalue weighted by Crippen LogP contribution is -2.35. The minimum atomic E-state index is -0.248. The number of ether oxygens (including phenoxy) is 1. The quantitative estimate of drug-likeness (QED) is 0.790. The Morgan fingerprint density at radius 1 is 1.62 bits per heavy atom. The SMILES string of the molecule is COCC(C)NC(=O)c1cc(N)ccc1Cl. The minimum absolute atomic E-state index is 0.0741. The van der Waals surface area contributed by atoms with Crippen molar-refractivity contribution in [2.24, 2.45) is 0 Å². The van der Waals surface area contributed by atoms with Crippen LogP contribution in [0.2, 0.25) is 5.02 Å². The second-order valence-electron chi connectivity index (χ2n) is 3.57. The van der Waals surface area contributed by atoms with Gasteiger partial charge in [-0.3, -0.25) is 4.79 Å². The number of halogens is 1. The van der Waals surface area contributed by atoms with Crippen LogP contribution < -0.4 is 11.1 Å². The summed E-state index contributed by atoms with van der Waals surface area (Å²) in [4.78, 5) is 11.8. The highest BCUT2D eigenvalue weighted by Crippen LogP contribution is 2.18. The largest absolute Gasteiger partial charge is 0.399 e. The van der Waals surface area contributed by atoms with Gasteiger partial charge in [0.05, 0.1) is 17.2 Å². The van der Waals surface area contributed by atoms with Gasteiger partial charge < -0.3 is 15.8 Å². The average molecular weight is 243 g/mol. The van der Waals surface area contributed by atoms with Crippen LogP contribution in [0.3, 0.4) is 0 Å². The molecule has 1 unspecified atom stereocenters. The number of amides is 1. The van der Waals surface area contributed by atoms with E-state index in [1.807, 2.05) is 6.92 Å². The van der Waals surface area contributed by atoms with Gasteiger partial charge in [-0.1, -0.05) is 11.6 Å². The zero-order chi connectivity index (χ0) is 12.1. The molecule has 0 fully saturated rings. The molecule has 16 heavy (non-hydrogen) atoms. The Morgan fingerprint density at radius 2 is 2.31 bits per heavy atom. The van der Waals surface area contributed by atoms with E-state index in [1.54, 1.807) is 25.3 Å². The summed E-state index contributed by atoms with van der Waals surface area (Å²) in [5.41, 5.74) is 6.48. The van der Waals surface area contributed by atoms with Crippen LogP contribution in [0.1, 0.15) is 17.3 Å². The van der Waals surface area contributed by atoms with Gasteiger partial charge >= 0.3 is 0 Å². The Labute approximate surface area is 99.7 Å². The Morgan fingerprint density at radius 3 is 2.94 bits per heavy atom. The molecule has 0 aliphatic carbocycles. The third-order valence-corrected chi connectivity index (χ3v) is 2.36. The predicted octanol–water partition coefficient (Wildman–Crippen LogP) is 1.69. The molecule has 1 amide bonds. The van der Waals surface area contributed by atoms with Gasteiger partial charge in [-0.25, -0.2) is 0 Å². The zero-order valence-electron chi connectivity index (χ0n) is 9.29. The maximum atomic E-state index is 11.8. The van der Waals surface area contributed by atoms with E-state index in [2.05, 4.69) is 5.32 Å². The van der Waals surface area contributed by atoms with Crippen molar-refractivity contribution in [3.8, 4) is 0 Å². The van der Waals surface area contributed by atoms with Gasteiger partial charge in [0.15, 0.2) is 0 Å². The molecule has 1 atom stereocenters. The van der Waals surface area contributed by atoms with E-state index < -0.39 is 0 Å². The molecular formula is C11H15ClN2O2. The lowest BCUT2D eigenvalue weighted by atomic mass is 10.2. The van der Waals surface area contributed by atoms with Crippen LogP contribution in [-0.2, 0) is 4.74 Å². The molecule has 1 aromatic rings. The van der Waals surface area contributed by atoms with E-state index in [-0.39, 0.29) is 11.9 Å². The molecular weight excluding hydrogens is 228 g/mol. The second-order valence-corrected chi connectivity index (χ2v) is 3.98. The van der Waals surface area contributed by atoms with Gasteiger partial charge in [-0.05, 0) is 25.1 Å². The number of nitrogens with two attached hydrogens (primary N) is 1. The molecule has 88 valence electrons. The normalized spacial score (nSPS) is 12.2. The van der Waals surface area contributed by atoms with Crippen molar-refractivity contribution < 1.29 is 9.53 Å². The monoisotopic (exact) mass is 242 g/mol. The first-order valence-electron chi connectivity index (χ1n) is 4.89. The van der Waals surface area contributed by atoms with Crippen LogP contribution in [0.15, 0.2) is 18.2 Å². The number of carbonyl (C=O) groups excluding carboxylic acids is 1. The van der Waals surface area contributed by atoms with Gasteiger partial charge in [0, 0.05) is 18.8 Å². The summed E-state index contributed by atoms with van der Waals surface area (Å²) in [6.45, 7) is 2.30. The summed E-state index contributed by atoms with van der Waals surface area (Å²) in [5.74, 6) is -0.248. The maximum Gasteiger partial charge on any atom is 0.253 e. The Kier molecular flexibility index (Phi) is 4.58. The van der Waals surface area contributed by atoms with Gasteiger partial charge in [0.1, 0.15) is 0 Å². The van der Waals surface area contributed by atoms with Gasteiger partial charge in [-0.15, -0.1) is 0 Å². The molecule has 3 N–H and O–H groups in total. The van der Waals surface area contributed by atoms with Crippen molar-refractivity contribution >= 4 is 23.2 Å². The molecule has 0 saturated heterocycles. The van der Waals surface area contributed by atoms with Crippen molar-refractivity contribution in [1.29, 1.82) is 0 Å². The van der Waals surface area contributed by atoms with Crippen LogP contribution in [0, 0.1) is 0 Å². The lowest BCUT2D eigenvalue weighted by molar-refractivity contribution is 0.0906. The highest BCUT2D eigenvalue weighted by atomic mass is 35.5. The molecule has 1 aromatic carbocycles. The number of carbonyl (C=O) groups is 1. The zero-order valence-corrected chi connectivity index (χ0v) is 10.0. The standard InChI is InChI=1S/C11H15ClN2O2/c1-7(6-16-2)14-11(15)9-5-8(13)3-4-10(9)12/h3-5,7H,6,13H2,1-2H3,(H,14,15). The fourth-order valence-corrected chi connectivity index (χ4v) is 1.51. The summed E-state index contributed by atoms with van der Waals surface area (Å²) < 4.78 is 4.92. The van der Waals surface area contributed by atoms with Gasteiger partial charge in [0.25, 0.3) is 5.91 Å². The first-order valence-corrected chi connectivity index (χ1v) is 5.27. The summed E-state index contributed by atoms with van der Waals surface area (Å²) in [5, 5.41) is 3.15. The number of hydrogen-bond donors (Lipinski definition) is 2. The van der Waals surface area contributed by atoms with Crippen molar-refractivity contribution in [1.82, 2.24) is 5.32 Å². The molecule has 0 spiro atoms. The van der Waals surface area contributed by atoms with E-state index in [0.717, 1.165) is 0 Å². The molecule has 5 heteroatoms. The second kappa shape index (κ2) is 5.72. The molecule has 0 aromatic heterocycles. The van der Waals surface area contributed by atoms with Crippen molar-refractivity contribution in [2.75, 3.05) is 19.5 Å².